The zero-order chi connectivity index (χ0) is 15.1. The van der Waals surface area contributed by atoms with Crippen molar-refractivity contribution < 1.29 is 4.79 Å². The first-order valence-corrected chi connectivity index (χ1v) is 7.36. The molecule has 4 nitrogen and oxygen atoms in total. The van der Waals surface area contributed by atoms with E-state index in [-0.39, 0.29) is 11.5 Å². The van der Waals surface area contributed by atoms with Gasteiger partial charge >= 0.3 is 5.69 Å². The van der Waals surface area contributed by atoms with Crippen LogP contribution in [0.2, 0.25) is 5.02 Å². The fraction of sp³-hybridized carbons (Fsp3) is 0.0667. The average molecular weight is 366 g/mol. The minimum absolute atomic E-state index is 0.147. The SMILES string of the molecule is Cc1c(Cl)cccc1C(=O)c1cc2[nH]c(=O)[nH]c2cc1Br. The van der Waals surface area contributed by atoms with Crippen molar-refractivity contribution in [2.75, 3.05) is 0 Å². The lowest BCUT2D eigenvalue weighted by molar-refractivity contribution is 0.103. The molecule has 21 heavy (non-hydrogen) atoms. The third-order valence-corrected chi connectivity index (χ3v) is 4.43. The van der Waals surface area contributed by atoms with Crippen molar-refractivity contribution in [3.8, 4) is 0 Å². The van der Waals surface area contributed by atoms with Gasteiger partial charge in [0.25, 0.3) is 0 Å². The lowest BCUT2D eigenvalue weighted by atomic mass is 9.99. The van der Waals surface area contributed by atoms with Crippen molar-refractivity contribution in [1.29, 1.82) is 0 Å². The molecule has 1 aromatic heterocycles. The van der Waals surface area contributed by atoms with Crippen LogP contribution in [0.15, 0.2) is 39.6 Å². The second-order valence-corrected chi connectivity index (χ2v) is 5.96. The van der Waals surface area contributed by atoms with E-state index in [1.165, 1.54) is 0 Å². The van der Waals surface area contributed by atoms with Crippen LogP contribution in [0, 0.1) is 6.92 Å². The minimum atomic E-state index is -0.305. The van der Waals surface area contributed by atoms with Gasteiger partial charge in [-0.05, 0) is 46.6 Å². The molecule has 0 aliphatic heterocycles. The number of hydrogen-bond acceptors (Lipinski definition) is 2. The number of imidazole rings is 1. The van der Waals surface area contributed by atoms with Crippen molar-refractivity contribution in [3.63, 3.8) is 0 Å². The van der Waals surface area contributed by atoms with Gasteiger partial charge < -0.3 is 9.97 Å². The van der Waals surface area contributed by atoms with Gasteiger partial charge in [0, 0.05) is 20.6 Å². The van der Waals surface area contributed by atoms with E-state index < -0.39 is 0 Å². The summed E-state index contributed by atoms with van der Waals surface area (Å²) >= 11 is 9.45. The summed E-state index contributed by atoms with van der Waals surface area (Å²) in [5, 5.41) is 0.549. The highest BCUT2D eigenvalue weighted by Crippen LogP contribution is 2.27. The minimum Gasteiger partial charge on any atom is -0.306 e. The molecule has 0 amide bonds. The van der Waals surface area contributed by atoms with Crippen LogP contribution in [0.25, 0.3) is 11.0 Å². The van der Waals surface area contributed by atoms with E-state index in [0.29, 0.717) is 31.7 Å². The van der Waals surface area contributed by atoms with Gasteiger partial charge in [0.1, 0.15) is 0 Å². The first kappa shape index (κ1) is 14.1. The van der Waals surface area contributed by atoms with E-state index in [0.717, 1.165) is 5.56 Å². The van der Waals surface area contributed by atoms with Gasteiger partial charge in [-0.3, -0.25) is 4.79 Å². The van der Waals surface area contributed by atoms with E-state index in [1.807, 2.05) is 0 Å². The molecule has 0 saturated heterocycles. The van der Waals surface area contributed by atoms with Crippen molar-refractivity contribution in [3.05, 3.63) is 67.0 Å². The first-order valence-electron chi connectivity index (χ1n) is 6.18. The third-order valence-electron chi connectivity index (χ3n) is 3.36. The van der Waals surface area contributed by atoms with E-state index in [2.05, 4.69) is 25.9 Å². The molecule has 6 heteroatoms. The molecule has 0 unspecified atom stereocenters. The Bertz CT molecular complexity index is 927. The van der Waals surface area contributed by atoms with Gasteiger partial charge in [0.15, 0.2) is 5.78 Å². The molecule has 0 fully saturated rings. The number of aromatic nitrogens is 2. The van der Waals surface area contributed by atoms with Crippen molar-refractivity contribution in [2.45, 2.75) is 6.92 Å². The number of fused-ring (bicyclic) bond motifs is 1. The number of aromatic amines is 2. The second-order valence-electron chi connectivity index (χ2n) is 4.70. The highest BCUT2D eigenvalue weighted by molar-refractivity contribution is 9.10. The number of rotatable bonds is 2. The summed E-state index contributed by atoms with van der Waals surface area (Å²) in [5.41, 5.74) is 2.68. The topological polar surface area (TPSA) is 65.7 Å². The van der Waals surface area contributed by atoms with Crippen molar-refractivity contribution in [1.82, 2.24) is 9.97 Å². The predicted octanol–water partition coefficient (Wildman–Crippen LogP) is 3.81. The molecule has 0 saturated carbocycles. The molecular formula is C15H10BrClN2O2. The molecule has 0 spiro atoms. The number of halogens is 2. The van der Waals surface area contributed by atoms with Crippen LogP contribution in [-0.2, 0) is 0 Å². The Balaban J connectivity index is 2.19. The summed E-state index contributed by atoms with van der Waals surface area (Å²) in [5.74, 6) is -0.147. The largest absolute Gasteiger partial charge is 0.323 e. The fourth-order valence-electron chi connectivity index (χ4n) is 2.23. The third kappa shape index (κ3) is 2.43. The van der Waals surface area contributed by atoms with Gasteiger partial charge in [-0.1, -0.05) is 23.7 Å². The Labute approximate surface area is 133 Å². The number of hydrogen-bond donors (Lipinski definition) is 2. The van der Waals surface area contributed by atoms with Crippen molar-refractivity contribution >= 4 is 44.3 Å². The second kappa shape index (κ2) is 5.16. The van der Waals surface area contributed by atoms with Crippen LogP contribution in [0.3, 0.4) is 0 Å². The van der Waals surface area contributed by atoms with Crippen LogP contribution >= 0.6 is 27.5 Å². The Morgan fingerprint density at radius 3 is 2.52 bits per heavy atom. The van der Waals surface area contributed by atoms with E-state index in [1.54, 1.807) is 37.3 Å². The Kier molecular flexibility index (Phi) is 3.47. The molecule has 0 bridgehead atoms. The summed E-state index contributed by atoms with van der Waals surface area (Å²) < 4.78 is 0.620. The van der Waals surface area contributed by atoms with Crippen LogP contribution in [-0.4, -0.2) is 15.8 Å². The molecule has 3 rings (SSSR count). The standard InChI is InChI=1S/C15H10BrClN2O2/c1-7-8(3-2-4-11(7)17)14(20)9-5-12-13(6-10(9)16)19-15(21)18-12/h2-6H,1H3,(H2,18,19,21). The maximum Gasteiger partial charge on any atom is 0.323 e. The molecule has 0 aliphatic carbocycles. The summed E-state index contributed by atoms with van der Waals surface area (Å²) in [6, 6.07) is 8.59. The van der Waals surface area contributed by atoms with E-state index >= 15 is 0 Å². The van der Waals surface area contributed by atoms with Gasteiger partial charge in [-0.25, -0.2) is 4.79 Å². The van der Waals surface area contributed by atoms with E-state index in [9.17, 15) is 9.59 Å². The monoisotopic (exact) mass is 364 g/mol. The lowest BCUT2D eigenvalue weighted by Gasteiger charge is -2.08. The molecule has 0 aliphatic rings. The highest BCUT2D eigenvalue weighted by Gasteiger charge is 2.17. The summed E-state index contributed by atoms with van der Waals surface area (Å²) in [4.78, 5) is 29.3. The molecular weight excluding hydrogens is 356 g/mol. The summed E-state index contributed by atoms with van der Waals surface area (Å²) in [6.45, 7) is 1.81. The number of benzene rings is 2. The number of nitrogens with one attached hydrogen (secondary N) is 2. The van der Waals surface area contributed by atoms with Gasteiger partial charge in [-0.2, -0.15) is 0 Å². The molecule has 0 atom stereocenters. The van der Waals surface area contributed by atoms with E-state index in [4.69, 9.17) is 11.6 Å². The average Bonchev–Trinajstić information content (AvgIpc) is 2.79. The quantitative estimate of drug-likeness (QED) is 0.678. The predicted molar refractivity (Wildman–Crippen MR) is 86.2 cm³/mol. The smallest absolute Gasteiger partial charge is 0.306 e. The number of carbonyl (C=O) groups excluding carboxylic acids is 1. The fourth-order valence-corrected chi connectivity index (χ4v) is 2.93. The molecule has 3 aromatic rings. The van der Waals surface area contributed by atoms with Crippen LogP contribution in [0.4, 0.5) is 0 Å². The van der Waals surface area contributed by atoms with Gasteiger partial charge in [0.05, 0.1) is 11.0 Å². The highest BCUT2D eigenvalue weighted by atomic mass is 79.9. The Morgan fingerprint density at radius 1 is 1.14 bits per heavy atom. The lowest BCUT2D eigenvalue weighted by Crippen LogP contribution is -2.05. The molecule has 1 heterocycles. The molecule has 2 aromatic carbocycles. The molecule has 106 valence electrons. The maximum absolute atomic E-state index is 12.7. The zero-order valence-electron chi connectivity index (χ0n) is 11.0. The Hall–Kier alpha value is -1.85. The number of ketones is 1. The number of carbonyl (C=O) groups is 1. The molecule has 0 radical (unpaired) electrons. The van der Waals surface area contributed by atoms with Gasteiger partial charge in [0.2, 0.25) is 0 Å². The zero-order valence-corrected chi connectivity index (χ0v) is 13.3. The summed E-state index contributed by atoms with van der Waals surface area (Å²) in [6.07, 6.45) is 0. The number of H-pyrrole nitrogens is 2. The van der Waals surface area contributed by atoms with Crippen LogP contribution in [0.5, 0.6) is 0 Å². The van der Waals surface area contributed by atoms with Crippen molar-refractivity contribution in [2.24, 2.45) is 0 Å². The normalized spacial score (nSPS) is 11.0. The maximum atomic E-state index is 12.7. The molecule has 2 N–H and O–H groups in total. The van der Waals surface area contributed by atoms with Crippen LogP contribution < -0.4 is 5.69 Å². The first-order chi connectivity index (χ1) is 9.97. The Morgan fingerprint density at radius 2 is 1.81 bits per heavy atom. The van der Waals surface area contributed by atoms with Crippen LogP contribution in [0.1, 0.15) is 21.5 Å². The summed E-state index contributed by atoms with van der Waals surface area (Å²) in [7, 11) is 0. The van der Waals surface area contributed by atoms with Gasteiger partial charge in [-0.15, -0.1) is 0 Å².